The topological polar surface area (TPSA) is 52.1 Å². The van der Waals surface area contributed by atoms with Gasteiger partial charge >= 0.3 is 0 Å². The molecule has 2 saturated heterocycles. The molecule has 0 aromatic heterocycles. The van der Waals surface area contributed by atoms with Crippen molar-refractivity contribution in [2.45, 2.75) is 77.4 Å². The van der Waals surface area contributed by atoms with E-state index in [0.717, 1.165) is 51.4 Å². The third-order valence-electron chi connectivity index (χ3n) is 6.51. The average molecular weight is 522 g/mol. The lowest BCUT2D eigenvalue weighted by molar-refractivity contribution is 0.0143. The summed E-state index contributed by atoms with van der Waals surface area (Å²) in [6.07, 6.45) is 8.07. The Hall–Kier alpha value is -0.120. The Balaban J connectivity index is 0.00000300. The first-order valence-electron chi connectivity index (χ1n) is 11.8. The second kappa shape index (κ2) is 13.3. The van der Waals surface area contributed by atoms with Crippen LogP contribution < -0.4 is 10.6 Å². The molecule has 1 saturated carbocycles. The average Bonchev–Trinajstić information content (AvgIpc) is 3.37. The molecule has 1 aliphatic carbocycles. The summed E-state index contributed by atoms with van der Waals surface area (Å²) < 4.78 is 5.55. The zero-order valence-electron chi connectivity index (χ0n) is 18.9. The fourth-order valence-electron chi connectivity index (χ4n) is 5.04. The molecule has 3 fully saturated rings. The molecule has 0 amide bonds. The van der Waals surface area contributed by atoms with Gasteiger partial charge in [0.1, 0.15) is 0 Å². The van der Waals surface area contributed by atoms with Crippen molar-refractivity contribution in [3.05, 3.63) is 0 Å². The van der Waals surface area contributed by atoms with Crippen molar-refractivity contribution in [2.75, 3.05) is 52.5 Å². The Morgan fingerprint density at radius 2 is 1.83 bits per heavy atom. The highest BCUT2D eigenvalue weighted by Gasteiger charge is 2.30. The first kappa shape index (κ1) is 25.1. The molecule has 0 bridgehead atoms. The normalized spacial score (nSPS) is 25.9. The van der Waals surface area contributed by atoms with Crippen LogP contribution in [-0.2, 0) is 4.74 Å². The Kier molecular flexibility index (Phi) is 11.6. The van der Waals surface area contributed by atoms with E-state index >= 15 is 0 Å². The van der Waals surface area contributed by atoms with Crippen LogP contribution in [0.4, 0.5) is 0 Å². The van der Waals surface area contributed by atoms with Gasteiger partial charge in [-0.3, -0.25) is 14.8 Å². The Morgan fingerprint density at radius 3 is 2.48 bits per heavy atom. The molecule has 3 aliphatic rings. The van der Waals surface area contributed by atoms with Gasteiger partial charge in [-0.25, -0.2) is 0 Å². The summed E-state index contributed by atoms with van der Waals surface area (Å²) in [5.41, 5.74) is 0. The van der Waals surface area contributed by atoms with Crippen LogP contribution in [0.1, 0.15) is 59.3 Å². The molecular weight excluding hydrogens is 477 g/mol. The lowest BCUT2D eigenvalue weighted by Crippen LogP contribution is -2.48. The maximum atomic E-state index is 5.55. The number of ether oxygens (including phenoxy) is 1. The fraction of sp³-hybridized carbons (Fsp3) is 0.955. The van der Waals surface area contributed by atoms with Crippen molar-refractivity contribution in [1.82, 2.24) is 20.4 Å². The Bertz CT molecular complexity index is 478. The summed E-state index contributed by atoms with van der Waals surface area (Å²) in [6.45, 7) is 14.8. The molecule has 3 rings (SSSR count). The maximum Gasteiger partial charge on any atom is 0.191 e. The number of halogens is 1. The van der Waals surface area contributed by atoms with Gasteiger partial charge in [-0.05, 0) is 38.5 Å². The van der Waals surface area contributed by atoms with Gasteiger partial charge in [0.25, 0.3) is 0 Å². The largest absolute Gasteiger partial charge is 0.379 e. The zero-order chi connectivity index (χ0) is 19.8. The van der Waals surface area contributed by atoms with Gasteiger partial charge in [-0.15, -0.1) is 24.0 Å². The van der Waals surface area contributed by atoms with E-state index in [1.807, 2.05) is 0 Å². The number of hydrogen-bond acceptors (Lipinski definition) is 4. The number of rotatable bonds is 8. The van der Waals surface area contributed by atoms with Crippen LogP contribution in [0, 0.1) is 5.92 Å². The fourth-order valence-corrected chi connectivity index (χ4v) is 5.04. The Labute approximate surface area is 195 Å². The van der Waals surface area contributed by atoms with E-state index in [9.17, 15) is 0 Å². The molecule has 0 radical (unpaired) electrons. The number of morpholine rings is 1. The van der Waals surface area contributed by atoms with E-state index in [1.165, 1.54) is 51.6 Å². The third kappa shape index (κ3) is 8.15. The minimum absolute atomic E-state index is 0. The summed E-state index contributed by atoms with van der Waals surface area (Å²) in [5.74, 6) is 1.69. The van der Waals surface area contributed by atoms with Gasteiger partial charge < -0.3 is 15.4 Å². The highest BCUT2D eigenvalue weighted by molar-refractivity contribution is 14.0. The molecule has 2 unspecified atom stereocenters. The standard InChI is InChI=1S/C22H43N5O.HI/c1-4-23-22(25-19-9-10-27(17-19)20-7-5-6-8-20)24-16-21(15-18(2)3)26-11-13-28-14-12-26;/h18-21H,4-17H2,1-3H3,(H2,23,24,25);1H. The van der Waals surface area contributed by atoms with E-state index in [4.69, 9.17) is 9.73 Å². The summed E-state index contributed by atoms with van der Waals surface area (Å²) in [6, 6.07) is 1.88. The maximum absolute atomic E-state index is 5.55. The van der Waals surface area contributed by atoms with Crippen molar-refractivity contribution in [3.8, 4) is 0 Å². The van der Waals surface area contributed by atoms with Crippen LogP contribution in [0.15, 0.2) is 4.99 Å². The molecule has 2 atom stereocenters. The number of nitrogens with zero attached hydrogens (tertiary/aromatic N) is 3. The third-order valence-corrected chi connectivity index (χ3v) is 6.51. The quantitative estimate of drug-likeness (QED) is 0.292. The monoisotopic (exact) mass is 521 g/mol. The number of aliphatic imine (C=N–C) groups is 1. The zero-order valence-corrected chi connectivity index (χ0v) is 21.2. The van der Waals surface area contributed by atoms with Crippen LogP contribution in [0.3, 0.4) is 0 Å². The molecule has 0 spiro atoms. The van der Waals surface area contributed by atoms with Gasteiger partial charge in [0.2, 0.25) is 0 Å². The van der Waals surface area contributed by atoms with E-state index in [1.54, 1.807) is 0 Å². The van der Waals surface area contributed by atoms with Gasteiger partial charge in [-0.1, -0.05) is 26.7 Å². The van der Waals surface area contributed by atoms with Gasteiger partial charge in [0.15, 0.2) is 5.96 Å². The van der Waals surface area contributed by atoms with Crippen LogP contribution in [0.25, 0.3) is 0 Å². The van der Waals surface area contributed by atoms with Crippen LogP contribution >= 0.6 is 24.0 Å². The van der Waals surface area contributed by atoms with E-state index in [0.29, 0.717) is 18.0 Å². The molecule has 2 N–H and O–H groups in total. The smallest absolute Gasteiger partial charge is 0.191 e. The number of likely N-dealkylation sites (tertiary alicyclic amines) is 1. The predicted octanol–water partition coefficient (Wildman–Crippen LogP) is 2.92. The predicted molar refractivity (Wildman–Crippen MR) is 132 cm³/mol. The minimum Gasteiger partial charge on any atom is -0.379 e. The second-order valence-electron chi connectivity index (χ2n) is 9.21. The van der Waals surface area contributed by atoms with Crippen LogP contribution in [0.2, 0.25) is 0 Å². The molecule has 0 aromatic carbocycles. The molecule has 29 heavy (non-hydrogen) atoms. The van der Waals surface area contributed by atoms with Crippen molar-refractivity contribution < 1.29 is 4.74 Å². The Morgan fingerprint density at radius 1 is 1.10 bits per heavy atom. The summed E-state index contributed by atoms with van der Waals surface area (Å²) in [5, 5.41) is 7.22. The second-order valence-corrected chi connectivity index (χ2v) is 9.21. The van der Waals surface area contributed by atoms with E-state index in [-0.39, 0.29) is 24.0 Å². The molecular formula is C22H44IN5O. The minimum atomic E-state index is 0. The van der Waals surface area contributed by atoms with Gasteiger partial charge in [-0.2, -0.15) is 0 Å². The lowest BCUT2D eigenvalue weighted by Gasteiger charge is -2.34. The van der Waals surface area contributed by atoms with Crippen molar-refractivity contribution in [2.24, 2.45) is 10.9 Å². The molecule has 7 heteroatoms. The highest BCUT2D eigenvalue weighted by atomic mass is 127. The molecule has 2 heterocycles. The summed E-state index contributed by atoms with van der Waals surface area (Å²) in [4.78, 5) is 10.3. The molecule has 170 valence electrons. The summed E-state index contributed by atoms with van der Waals surface area (Å²) in [7, 11) is 0. The van der Waals surface area contributed by atoms with Crippen LogP contribution in [0.5, 0.6) is 0 Å². The number of hydrogen-bond donors (Lipinski definition) is 2. The first-order valence-corrected chi connectivity index (χ1v) is 11.8. The first-order chi connectivity index (χ1) is 13.7. The van der Waals surface area contributed by atoms with Gasteiger partial charge in [0.05, 0.1) is 19.8 Å². The van der Waals surface area contributed by atoms with Crippen molar-refractivity contribution in [3.63, 3.8) is 0 Å². The van der Waals surface area contributed by atoms with E-state index < -0.39 is 0 Å². The van der Waals surface area contributed by atoms with E-state index in [2.05, 4.69) is 41.2 Å². The summed E-state index contributed by atoms with van der Waals surface area (Å²) >= 11 is 0. The van der Waals surface area contributed by atoms with Gasteiger partial charge in [0, 0.05) is 50.8 Å². The van der Waals surface area contributed by atoms with Crippen LogP contribution in [-0.4, -0.2) is 86.4 Å². The SMILES string of the molecule is CCNC(=NCC(CC(C)C)N1CCOCC1)NC1CCN(C2CCCC2)C1.I. The number of nitrogens with one attached hydrogen (secondary N) is 2. The van der Waals surface area contributed by atoms with Crippen molar-refractivity contribution >= 4 is 29.9 Å². The molecule has 2 aliphatic heterocycles. The lowest BCUT2D eigenvalue weighted by atomic mass is 10.0. The molecule has 0 aromatic rings. The molecule has 6 nitrogen and oxygen atoms in total. The number of guanidine groups is 1. The van der Waals surface area contributed by atoms with Crippen molar-refractivity contribution in [1.29, 1.82) is 0 Å². The highest BCUT2D eigenvalue weighted by Crippen LogP contribution is 2.26.